The van der Waals surface area contributed by atoms with Crippen molar-refractivity contribution in [2.75, 3.05) is 0 Å². The van der Waals surface area contributed by atoms with Crippen LogP contribution in [0.2, 0.25) is 0 Å². The summed E-state index contributed by atoms with van der Waals surface area (Å²) in [5.74, 6) is 0. The van der Waals surface area contributed by atoms with Crippen molar-refractivity contribution in [3.05, 3.63) is 34.4 Å². The van der Waals surface area contributed by atoms with Crippen molar-refractivity contribution >= 4 is 0 Å². The number of hydrogen-bond donors (Lipinski definition) is 0. The molecule has 0 saturated carbocycles. The van der Waals surface area contributed by atoms with E-state index < -0.39 is 0 Å². The van der Waals surface area contributed by atoms with E-state index in [0.29, 0.717) is 10.8 Å². The van der Waals surface area contributed by atoms with Crippen LogP contribution in [0.25, 0.3) is 0 Å². The van der Waals surface area contributed by atoms with Gasteiger partial charge in [-0.1, -0.05) is 73.4 Å². The zero-order valence-corrected chi connectivity index (χ0v) is 18.5. The lowest BCUT2D eigenvalue weighted by molar-refractivity contribution is 0.359. The lowest BCUT2D eigenvalue weighted by atomic mass is 9.86. The monoisotopic (exact) mass is 344 g/mol. The summed E-state index contributed by atoms with van der Waals surface area (Å²) in [6.45, 7) is 18.7. The zero-order chi connectivity index (χ0) is 19.1. The van der Waals surface area contributed by atoms with Crippen LogP contribution in [0, 0.1) is 17.8 Å². The second-order valence-electron chi connectivity index (χ2n) is 10.4. The molecule has 0 fully saturated rings. The van der Waals surface area contributed by atoms with Gasteiger partial charge in [0, 0.05) is 0 Å². The molecule has 0 bridgehead atoms. The van der Waals surface area contributed by atoms with Crippen molar-refractivity contribution in [2.24, 2.45) is 10.8 Å². The molecule has 0 heterocycles. The minimum Gasteiger partial charge on any atom is -0.0613 e. The van der Waals surface area contributed by atoms with E-state index in [1.165, 1.54) is 62.5 Å². The van der Waals surface area contributed by atoms with Gasteiger partial charge in [-0.15, -0.1) is 0 Å². The molecule has 0 atom stereocenters. The minimum atomic E-state index is 0.469. The second-order valence-corrected chi connectivity index (χ2v) is 10.4. The van der Waals surface area contributed by atoms with E-state index in [2.05, 4.69) is 67.5 Å². The van der Waals surface area contributed by atoms with E-state index in [0.717, 1.165) is 6.42 Å². The Morgan fingerprint density at radius 3 is 1.72 bits per heavy atom. The topological polar surface area (TPSA) is 0 Å². The van der Waals surface area contributed by atoms with Crippen LogP contribution >= 0.6 is 0 Å². The molecular formula is C25H44. The molecule has 0 nitrogen and oxygen atoms in total. The van der Waals surface area contributed by atoms with Gasteiger partial charge in [-0.2, -0.15) is 0 Å². The Labute approximate surface area is 158 Å². The molecule has 0 amide bonds. The van der Waals surface area contributed by atoms with Crippen molar-refractivity contribution in [1.29, 1.82) is 0 Å². The summed E-state index contributed by atoms with van der Waals surface area (Å²) in [5, 5.41) is 0. The highest BCUT2D eigenvalue weighted by molar-refractivity contribution is 5.39. The maximum absolute atomic E-state index is 2.50. The molecule has 0 aliphatic heterocycles. The third kappa shape index (κ3) is 9.47. The maximum atomic E-state index is 2.50. The standard InChI is InChI=1S/C25H44/c1-9-21-18-20(2)23(15-11-13-17-25(6,7)8)22(19-21)14-10-12-16-24(3,4)5/h18-19H,9-17H2,1-8H3. The van der Waals surface area contributed by atoms with Gasteiger partial charge in [0.15, 0.2) is 0 Å². The van der Waals surface area contributed by atoms with Crippen LogP contribution in [0.3, 0.4) is 0 Å². The zero-order valence-electron chi connectivity index (χ0n) is 18.5. The highest BCUT2D eigenvalue weighted by Crippen LogP contribution is 2.27. The molecule has 0 radical (unpaired) electrons. The van der Waals surface area contributed by atoms with E-state index in [-0.39, 0.29) is 0 Å². The Bertz CT molecular complexity index is 508. The summed E-state index contributed by atoms with van der Waals surface area (Å²) in [4.78, 5) is 0. The van der Waals surface area contributed by atoms with Crippen molar-refractivity contribution in [2.45, 2.75) is 113 Å². The normalized spacial score (nSPS) is 12.6. The first-order chi connectivity index (χ1) is 11.5. The molecule has 0 heteroatoms. The molecule has 0 spiro atoms. The Morgan fingerprint density at radius 2 is 1.24 bits per heavy atom. The van der Waals surface area contributed by atoms with Gasteiger partial charge in [0.05, 0.1) is 0 Å². The number of benzene rings is 1. The van der Waals surface area contributed by atoms with Crippen LogP contribution < -0.4 is 0 Å². The lowest BCUT2D eigenvalue weighted by Gasteiger charge is -2.20. The van der Waals surface area contributed by atoms with Gasteiger partial charge in [0.25, 0.3) is 0 Å². The average molecular weight is 345 g/mol. The number of hydrogen-bond acceptors (Lipinski definition) is 0. The first-order valence-corrected chi connectivity index (χ1v) is 10.6. The Balaban J connectivity index is 2.70. The summed E-state index contributed by atoms with van der Waals surface area (Å²) in [6, 6.07) is 4.93. The lowest BCUT2D eigenvalue weighted by Crippen LogP contribution is -2.06. The van der Waals surface area contributed by atoms with E-state index >= 15 is 0 Å². The largest absolute Gasteiger partial charge is 0.0613 e. The molecule has 0 aliphatic rings. The quantitative estimate of drug-likeness (QED) is 0.397. The van der Waals surface area contributed by atoms with E-state index in [1.807, 2.05) is 0 Å². The Morgan fingerprint density at radius 1 is 0.720 bits per heavy atom. The van der Waals surface area contributed by atoms with Crippen molar-refractivity contribution in [3.63, 3.8) is 0 Å². The molecule has 25 heavy (non-hydrogen) atoms. The van der Waals surface area contributed by atoms with Crippen LogP contribution in [-0.4, -0.2) is 0 Å². The summed E-state index contributed by atoms with van der Waals surface area (Å²) < 4.78 is 0. The molecule has 0 unspecified atom stereocenters. The van der Waals surface area contributed by atoms with E-state index in [9.17, 15) is 0 Å². The second kappa shape index (κ2) is 9.79. The molecule has 0 N–H and O–H groups in total. The number of rotatable bonds is 9. The maximum Gasteiger partial charge on any atom is -0.0274 e. The van der Waals surface area contributed by atoms with E-state index in [1.54, 1.807) is 11.1 Å². The highest BCUT2D eigenvalue weighted by Gasteiger charge is 2.13. The molecule has 1 aromatic rings. The predicted molar refractivity (Wildman–Crippen MR) is 115 cm³/mol. The summed E-state index contributed by atoms with van der Waals surface area (Å²) in [5.41, 5.74) is 7.28. The van der Waals surface area contributed by atoms with Crippen molar-refractivity contribution < 1.29 is 0 Å². The molecule has 0 saturated heterocycles. The molecule has 144 valence electrons. The van der Waals surface area contributed by atoms with Gasteiger partial charge in [0.2, 0.25) is 0 Å². The Hall–Kier alpha value is -0.780. The number of aryl methyl sites for hydroxylation is 3. The summed E-state index contributed by atoms with van der Waals surface area (Å²) in [7, 11) is 0. The third-order valence-corrected chi connectivity index (χ3v) is 5.26. The summed E-state index contributed by atoms with van der Waals surface area (Å²) in [6.07, 6.45) is 11.7. The van der Waals surface area contributed by atoms with Gasteiger partial charge in [-0.3, -0.25) is 0 Å². The highest BCUT2D eigenvalue weighted by atomic mass is 14.2. The Kier molecular flexibility index (Phi) is 8.72. The third-order valence-electron chi connectivity index (χ3n) is 5.26. The first kappa shape index (κ1) is 22.3. The fraction of sp³-hybridized carbons (Fsp3) is 0.760. The van der Waals surface area contributed by atoms with Crippen LogP contribution in [-0.2, 0) is 19.3 Å². The van der Waals surface area contributed by atoms with Gasteiger partial charge >= 0.3 is 0 Å². The minimum absolute atomic E-state index is 0.469. The first-order valence-electron chi connectivity index (χ1n) is 10.6. The van der Waals surface area contributed by atoms with Crippen molar-refractivity contribution in [1.82, 2.24) is 0 Å². The summed E-state index contributed by atoms with van der Waals surface area (Å²) >= 11 is 0. The predicted octanol–water partition coefficient (Wildman–Crippen LogP) is 8.08. The van der Waals surface area contributed by atoms with Gasteiger partial charge in [-0.05, 0) is 85.0 Å². The fourth-order valence-electron chi connectivity index (χ4n) is 3.68. The van der Waals surface area contributed by atoms with Gasteiger partial charge in [0.1, 0.15) is 0 Å². The fourth-order valence-corrected chi connectivity index (χ4v) is 3.68. The average Bonchev–Trinajstić information content (AvgIpc) is 2.47. The van der Waals surface area contributed by atoms with Crippen molar-refractivity contribution in [3.8, 4) is 0 Å². The molecular weight excluding hydrogens is 300 g/mol. The molecule has 1 aromatic carbocycles. The van der Waals surface area contributed by atoms with Crippen LogP contribution in [0.5, 0.6) is 0 Å². The smallest absolute Gasteiger partial charge is 0.0274 e. The van der Waals surface area contributed by atoms with Crippen LogP contribution in [0.15, 0.2) is 12.1 Å². The van der Waals surface area contributed by atoms with Crippen LogP contribution in [0.1, 0.15) is 109 Å². The van der Waals surface area contributed by atoms with Gasteiger partial charge in [-0.25, -0.2) is 0 Å². The van der Waals surface area contributed by atoms with E-state index in [4.69, 9.17) is 0 Å². The van der Waals surface area contributed by atoms with Crippen LogP contribution in [0.4, 0.5) is 0 Å². The molecule has 1 rings (SSSR count). The SMILES string of the molecule is CCc1cc(C)c(CCCCC(C)(C)C)c(CCCCC(C)(C)C)c1. The molecule has 0 aromatic heterocycles. The number of unbranched alkanes of at least 4 members (excludes halogenated alkanes) is 2. The molecule has 0 aliphatic carbocycles. The van der Waals surface area contributed by atoms with Gasteiger partial charge < -0.3 is 0 Å².